The van der Waals surface area contributed by atoms with Crippen molar-refractivity contribution in [3.63, 3.8) is 0 Å². The fraction of sp³-hybridized carbons (Fsp3) is 0.500. The van der Waals surface area contributed by atoms with E-state index in [2.05, 4.69) is 14.9 Å². The molecule has 0 bridgehead atoms. The second-order valence-corrected chi connectivity index (χ2v) is 11.9. The quantitative estimate of drug-likeness (QED) is 0.465. The van der Waals surface area contributed by atoms with Crippen molar-refractivity contribution < 1.29 is 36.3 Å². The lowest BCUT2D eigenvalue weighted by atomic mass is 10.1. The zero-order chi connectivity index (χ0) is 30.4. The molecule has 4 rings (SSSR count). The third-order valence-corrected chi connectivity index (χ3v) is 8.67. The monoisotopic (exact) mass is 598 g/mol. The van der Waals surface area contributed by atoms with Crippen LogP contribution in [0.2, 0.25) is 0 Å². The average molecular weight is 599 g/mol. The van der Waals surface area contributed by atoms with Crippen molar-refractivity contribution in [1.82, 2.24) is 10.2 Å². The first-order valence-electron chi connectivity index (χ1n) is 13.5. The highest BCUT2D eigenvalue weighted by molar-refractivity contribution is 7.92. The minimum atomic E-state index is -5.08. The van der Waals surface area contributed by atoms with Gasteiger partial charge in [-0.1, -0.05) is 18.9 Å². The molecule has 0 saturated carbocycles. The summed E-state index contributed by atoms with van der Waals surface area (Å²) in [6, 6.07) is 9.08. The van der Waals surface area contributed by atoms with Gasteiger partial charge in [0.05, 0.1) is 16.3 Å². The molecule has 0 spiro atoms. The number of carbonyl (C=O) groups is 2. The topological polar surface area (TPSA) is 119 Å². The Balaban J connectivity index is 0.000000587. The molecule has 2 heterocycles. The molecule has 2 aliphatic heterocycles. The molecule has 13 heteroatoms. The van der Waals surface area contributed by atoms with E-state index in [1.807, 2.05) is 43.9 Å². The first-order valence-corrected chi connectivity index (χ1v) is 15.0. The Hall–Kier alpha value is -3.32. The molecule has 0 aliphatic carbocycles. The molecule has 0 atom stereocenters. The van der Waals surface area contributed by atoms with Gasteiger partial charge < -0.3 is 20.2 Å². The van der Waals surface area contributed by atoms with Crippen molar-refractivity contribution in [2.75, 3.05) is 48.9 Å². The number of sulfonamides is 1. The van der Waals surface area contributed by atoms with Crippen molar-refractivity contribution in [2.24, 2.45) is 0 Å². The maximum Gasteiger partial charge on any atom is 0.490 e. The summed E-state index contributed by atoms with van der Waals surface area (Å²) >= 11 is 0. The standard InChI is InChI=1S/C26H36N4O3S.C2HF3O2/c1-19-16-21(3)25(17-20(19)2)34(32,33)28-23-18-22(26(31)30-12-6-4-5-7-13-30)8-9-24(23)29-14-10-27-11-15-29;3-2(4,5)1(6)7/h8-9,16-18,27-28H,4-7,10-15H2,1-3H3;(H,6,7). The van der Waals surface area contributed by atoms with E-state index in [4.69, 9.17) is 9.90 Å². The minimum absolute atomic E-state index is 0.0310. The summed E-state index contributed by atoms with van der Waals surface area (Å²) in [5.41, 5.74) is 4.48. The van der Waals surface area contributed by atoms with Gasteiger partial charge in [-0.2, -0.15) is 13.2 Å². The number of benzene rings is 2. The van der Waals surface area contributed by atoms with Crippen molar-refractivity contribution in [3.05, 3.63) is 52.6 Å². The number of amides is 1. The van der Waals surface area contributed by atoms with Gasteiger partial charge in [0.2, 0.25) is 0 Å². The van der Waals surface area contributed by atoms with E-state index in [0.717, 1.165) is 81.8 Å². The highest BCUT2D eigenvalue weighted by Gasteiger charge is 2.38. The molecule has 226 valence electrons. The van der Waals surface area contributed by atoms with Gasteiger partial charge in [-0.25, -0.2) is 13.2 Å². The summed E-state index contributed by atoms with van der Waals surface area (Å²) in [7, 11) is -3.83. The maximum absolute atomic E-state index is 13.5. The third-order valence-electron chi connectivity index (χ3n) is 7.16. The van der Waals surface area contributed by atoms with E-state index in [-0.39, 0.29) is 10.8 Å². The number of likely N-dealkylation sites (tertiary alicyclic amines) is 1. The SMILES string of the molecule is Cc1cc(C)c(S(=O)(=O)Nc2cc(C(=O)N3CCCCCC3)ccc2N2CCNCC2)cc1C.O=C(O)C(F)(F)F. The van der Waals surface area contributed by atoms with Gasteiger partial charge in [0.1, 0.15) is 0 Å². The van der Waals surface area contributed by atoms with Gasteiger partial charge in [0.15, 0.2) is 0 Å². The largest absolute Gasteiger partial charge is 0.490 e. The summed E-state index contributed by atoms with van der Waals surface area (Å²) in [6.07, 6.45) is -0.773. The Morgan fingerprint density at radius 1 is 0.878 bits per heavy atom. The number of anilines is 2. The van der Waals surface area contributed by atoms with E-state index in [1.165, 1.54) is 0 Å². The van der Waals surface area contributed by atoms with Crippen LogP contribution in [0.15, 0.2) is 35.2 Å². The maximum atomic E-state index is 13.5. The van der Waals surface area contributed by atoms with Crippen molar-refractivity contribution in [2.45, 2.75) is 57.5 Å². The molecule has 2 fully saturated rings. The first-order chi connectivity index (χ1) is 19.2. The molecule has 0 aromatic heterocycles. The van der Waals surface area contributed by atoms with Gasteiger partial charge in [0.25, 0.3) is 15.9 Å². The van der Waals surface area contributed by atoms with Gasteiger partial charge in [-0.3, -0.25) is 9.52 Å². The van der Waals surface area contributed by atoms with Crippen LogP contribution in [0, 0.1) is 20.8 Å². The second kappa shape index (κ2) is 13.6. The highest BCUT2D eigenvalue weighted by Crippen LogP contribution is 2.32. The zero-order valence-corrected chi connectivity index (χ0v) is 24.3. The van der Waals surface area contributed by atoms with Gasteiger partial charge >= 0.3 is 12.1 Å². The van der Waals surface area contributed by atoms with Crippen molar-refractivity contribution >= 4 is 33.3 Å². The van der Waals surface area contributed by atoms with Gasteiger partial charge in [0, 0.05) is 44.8 Å². The summed E-state index contributed by atoms with van der Waals surface area (Å²) in [6.45, 7) is 10.4. The molecule has 2 aromatic rings. The van der Waals surface area contributed by atoms with Crippen molar-refractivity contribution in [3.8, 4) is 0 Å². The predicted molar refractivity (Wildman–Crippen MR) is 151 cm³/mol. The third kappa shape index (κ3) is 8.59. The molecule has 1 amide bonds. The van der Waals surface area contributed by atoms with Crippen LogP contribution >= 0.6 is 0 Å². The number of hydrogen-bond acceptors (Lipinski definition) is 6. The van der Waals surface area contributed by atoms with Crippen LogP contribution in [-0.2, 0) is 14.8 Å². The van der Waals surface area contributed by atoms with Crippen LogP contribution < -0.4 is 14.9 Å². The molecular weight excluding hydrogens is 561 g/mol. The highest BCUT2D eigenvalue weighted by atomic mass is 32.2. The van der Waals surface area contributed by atoms with E-state index in [1.54, 1.807) is 12.1 Å². The number of alkyl halides is 3. The smallest absolute Gasteiger partial charge is 0.475 e. The summed E-state index contributed by atoms with van der Waals surface area (Å²) in [5, 5.41) is 10.5. The molecule has 9 nitrogen and oxygen atoms in total. The van der Waals surface area contributed by atoms with Crippen molar-refractivity contribution in [1.29, 1.82) is 0 Å². The van der Waals surface area contributed by atoms with Crippen LogP contribution in [0.3, 0.4) is 0 Å². The van der Waals surface area contributed by atoms with E-state index in [9.17, 15) is 26.4 Å². The number of rotatable bonds is 5. The van der Waals surface area contributed by atoms with Crippen LogP contribution in [0.25, 0.3) is 0 Å². The Kier molecular flexibility index (Phi) is 10.6. The number of aryl methyl sites for hydroxylation is 3. The minimum Gasteiger partial charge on any atom is -0.475 e. The fourth-order valence-corrected chi connectivity index (χ4v) is 6.19. The summed E-state index contributed by atoms with van der Waals surface area (Å²) in [4.78, 5) is 26.5. The lowest BCUT2D eigenvalue weighted by Crippen LogP contribution is -2.43. The Morgan fingerprint density at radius 2 is 1.44 bits per heavy atom. The number of halogens is 3. The van der Waals surface area contributed by atoms with E-state index in [0.29, 0.717) is 16.8 Å². The number of carbonyl (C=O) groups excluding carboxylic acids is 1. The molecule has 0 radical (unpaired) electrons. The second-order valence-electron chi connectivity index (χ2n) is 10.3. The van der Waals surface area contributed by atoms with Crippen LogP contribution in [0.4, 0.5) is 24.5 Å². The Bertz CT molecular complexity index is 1350. The number of nitrogens with zero attached hydrogens (tertiary/aromatic N) is 2. The molecule has 3 N–H and O–H groups in total. The zero-order valence-electron chi connectivity index (χ0n) is 23.5. The van der Waals surface area contributed by atoms with Crippen LogP contribution in [-0.4, -0.2) is 75.7 Å². The van der Waals surface area contributed by atoms with Crippen LogP contribution in [0.5, 0.6) is 0 Å². The lowest BCUT2D eigenvalue weighted by molar-refractivity contribution is -0.192. The normalized spacial score (nSPS) is 16.3. The fourth-order valence-electron chi connectivity index (χ4n) is 4.81. The molecule has 2 aliphatic rings. The average Bonchev–Trinajstić information content (AvgIpc) is 3.20. The molecule has 2 aromatic carbocycles. The Labute approximate surface area is 238 Å². The van der Waals surface area contributed by atoms with Gasteiger partial charge in [-0.05, 0) is 74.6 Å². The molecule has 41 heavy (non-hydrogen) atoms. The number of hydrogen-bond donors (Lipinski definition) is 3. The number of carboxylic acid groups (broad SMARTS) is 1. The lowest BCUT2D eigenvalue weighted by Gasteiger charge is -2.31. The predicted octanol–water partition coefficient (Wildman–Crippen LogP) is 4.47. The summed E-state index contributed by atoms with van der Waals surface area (Å²) < 4.78 is 61.6. The van der Waals surface area contributed by atoms with Gasteiger partial charge in [-0.15, -0.1) is 0 Å². The van der Waals surface area contributed by atoms with Crippen LogP contribution in [0.1, 0.15) is 52.7 Å². The number of piperazine rings is 1. The molecular formula is C28H37F3N4O5S. The number of nitrogens with one attached hydrogen (secondary N) is 2. The molecule has 0 unspecified atom stereocenters. The van der Waals surface area contributed by atoms with E-state index >= 15 is 0 Å². The number of carboxylic acids is 1. The first kappa shape index (κ1) is 32.2. The number of aliphatic carboxylic acids is 1. The molecule has 2 saturated heterocycles. The Morgan fingerprint density at radius 3 is 2.00 bits per heavy atom. The van der Waals surface area contributed by atoms with E-state index < -0.39 is 22.2 Å². The summed E-state index contributed by atoms with van der Waals surface area (Å²) in [5.74, 6) is -2.79.